The van der Waals surface area contributed by atoms with Gasteiger partial charge in [0.1, 0.15) is 23.7 Å². The fraction of sp³-hybridized carbons (Fsp3) is 0.391. The number of ether oxygens (including phenoxy) is 2. The highest BCUT2D eigenvalue weighted by Crippen LogP contribution is 2.40. The number of rotatable bonds is 6. The van der Waals surface area contributed by atoms with E-state index in [0.29, 0.717) is 47.4 Å². The molecule has 2 aromatic heterocycles. The van der Waals surface area contributed by atoms with Crippen LogP contribution in [0.15, 0.2) is 47.7 Å². The normalized spacial score (nSPS) is 18.0. The monoisotopic (exact) mass is 437 g/mol. The first-order valence-electron chi connectivity index (χ1n) is 10.4. The summed E-state index contributed by atoms with van der Waals surface area (Å²) in [7, 11) is 3.14. The molecular weight excluding hydrogens is 410 g/mol. The lowest BCUT2D eigenvalue weighted by atomic mass is 9.80. The standard InChI is InChI=1S/C23H27N5O4/c1-23(2)16(10-19(29)15-9-14(31-3)5-6-20(15)32-4)22-27-18(17-7-8-24-12-25-17)11-21(30)28(22)13-26-23/h5-9,11-12,16,19,26,29H,10,13H2,1-4H3/t16?,19-/m0/s1. The number of nitrogens with one attached hydrogen (secondary N) is 1. The molecule has 32 heavy (non-hydrogen) atoms. The molecule has 2 atom stereocenters. The minimum absolute atomic E-state index is 0.176. The van der Waals surface area contributed by atoms with Crippen LogP contribution >= 0.6 is 0 Å². The van der Waals surface area contributed by atoms with E-state index in [1.807, 2.05) is 13.8 Å². The first-order valence-corrected chi connectivity index (χ1v) is 10.4. The Morgan fingerprint density at radius 1 is 1.22 bits per heavy atom. The lowest BCUT2D eigenvalue weighted by Gasteiger charge is -2.41. The summed E-state index contributed by atoms with van der Waals surface area (Å²) in [6, 6.07) is 8.52. The lowest BCUT2D eigenvalue weighted by molar-refractivity contribution is 0.117. The summed E-state index contributed by atoms with van der Waals surface area (Å²) in [5.41, 5.74) is 1.08. The zero-order valence-electron chi connectivity index (χ0n) is 18.6. The van der Waals surface area contributed by atoms with Crippen molar-refractivity contribution in [2.24, 2.45) is 0 Å². The molecule has 9 heteroatoms. The van der Waals surface area contributed by atoms with Crippen molar-refractivity contribution < 1.29 is 14.6 Å². The van der Waals surface area contributed by atoms with E-state index in [9.17, 15) is 9.90 Å². The van der Waals surface area contributed by atoms with E-state index in [0.717, 1.165) is 0 Å². The van der Waals surface area contributed by atoms with Gasteiger partial charge >= 0.3 is 0 Å². The van der Waals surface area contributed by atoms with Crippen molar-refractivity contribution in [1.29, 1.82) is 0 Å². The Hall–Kier alpha value is -3.30. The molecule has 0 radical (unpaired) electrons. The van der Waals surface area contributed by atoms with Gasteiger partial charge in [0.2, 0.25) is 0 Å². The molecule has 4 rings (SSSR count). The van der Waals surface area contributed by atoms with Crippen LogP contribution in [0.5, 0.6) is 11.5 Å². The number of aliphatic hydroxyl groups excluding tert-OH is 1. The van der Waals surface area contributed by atoms with E-state index >= 15 is 0 Å². The summed E-state index contributed by atoms with van der Waals surface area (Å²) in [6.45, 7) is 4.42. The Morgan fingerprint density at radius 2 is 2.03 bits per heavy atom. The average Bonchev–Trinajstić information content (AvgIpc) is 2.80. The van der Waals surface area contributed by atoms with E-state index in [1.165, 1.54) is 12.4 Å². The summed E-state index contributed by atoms with van der Waals surface area (Å²) >= 11 is 0. The fourth-order valence-corrected chi connectivity index (χ4v) is 4.10. The Kier molecular flexibility index (Phi) is 5.94. The van der Waals surface area contributed by atoms with Gasteiger partial charge in [0.05, 0.1) is 38.4 Å². The van der Waals surface area contributed by atoms with Crippen molar-refractivity contribution >= 4 is 0 Å². The summed E-state index contributed by atoms with van der Waals surface area (Å²) in [5, 5.41) is 14.6. The van der Waals surface area contributed by atoms with E-state index in [-0.39, 0.29) is 11.5 Å². The lowest BCUT2D eigenvalue weighted by Crippen LogP contribution is -2.53. The predicted octanol–water partition coefficient (Wildman–Crippen LogP) is 2.26. The van der Waals surface area contributed by atoms with Gasteiger partial charge in [-0.1, -0.05) is 0 Å². The van der Waals surface area contributed by atoms with Gasteiger partial charge in [-0.25, -0.2) is 15.0 Å². The minimum atomic E-state index is -0.864. The number of nitrogens with zero attached hydrogens (tertiary/aromatic N) is 4. The summed E-state index contributed by atoms with van der Waals surface area (Å²) in [6.07, 6.45) is 2.50. The molecule has 3 aromatic rings. The molecular formula is C23H27N5O4. The highest BCUT2D eigenvalue weighted by atomic mass is 16.5. The largest absolute Gasteiger partial charge is 0.497 e. The SMILES string of the molecule is COc1ccc(OC)c([C@@H](O)CC2c3nc(-c4ccncn4)cc(=O)n3CNC2(C)C)c1. The molecule has 1 aliphatic heterocycles. The van der Waals surface area contributed by atoms with Crippen LogP contribution in [-0.4, -0.2) is 44.4 Å². The smallest absolute Gasteiger partial charge is 0.255 e. The van der Waals surface area contributed by atoms with Gasteiger partial charge in [-0.3, -0.25) is 14.7 Å². The van der Waals surface area contributed by atoms with Crippen molar-refractivity contribution in [3.05, 3.63) is 64.6 Å². The maximum atomic E-state index is 12.9. The van der Waals surface area contributed by atoms with Crippen LogP contribution in [0, 0.1) is 0 Å². The van der Waals surface area contributed by atoms with Gasteiger partial charge < -0.3 is 14.6 Å². The van der Waals surface area contributed by atoms with Gasteiger partial charge in [-0.2, -0.15) is 0 Å². The summed E-state index contributed by atoms with van der Waals surface area (Å²) < 4.78 is 12.4. The average molecular weight is 438 g/mol. The molecule has 168 valence electrons. The van der Waals surface area contributed by atoms with Crippen LogP contribution in [0.25, 0.3) is 11.4 Å². The van der Waals surface area contributed by atoms with Crippen molar-refractivity contribution in [3.63, 3.8) is 0 Å². The second-order valence-corrected chi connectivity index (χ2v) is 8.33. The number of hydrogen-bond donors (Lipinski definition) is 2. The number of aromatic nitrogens is 4. The van der Waals surface area contributed by atoms with Crippen LogP contribution in [0.2, 0.25) is 0 Å². The summed E-state index contributed by atoms with van der Waals surface area (Å²) in [5.74, 6) is 1.54. The minimum Gasteiger partial charge on any atom is -0.497 e. The maximum Gasteiger partial charge on any atom is 0.255 e. The Morgan fingerprint density at radius 3 is 2.72 bits per heavy atom. The molecule has 0 fully saturated rings. The molecule has 3 heterocycles. The first-order chi connectivity index (χ1) is 15.3. The van der Waals surface area contributed by atoms with Crippen LogP contribution in [0.3, 0.4) is 0 Å². The third-order valence-corrected chi connectivity index (χ3v) is 6.01. The van der Waals surface area contributed by atoms with Crippen molar-refractivity contribution in [2.45, 2.75) is 44.5 Å². The Balaban J connectivity index is 1.77. The second-order valence-electron chi connectivity index (χ2n) is 8.33. The van der Waals surface area contributed by atoms with Gasteiger partial charge in [0.15, 0.2) is 0 Å². The molecule has 1 aromatic carbocycles. The third kappa shape index (κ3) is 4.09. The van der Waals surface area contributed by atoms with Crippen molar-refractivity contribution in [1.82, 2.24) is 24.8 Å². The van der Waals surface area contributed by atoms with E-state index in [4.69, 9.17) is 14.5 Å². The van der Waals surface area contributed by atoms with Crippen molar-refractivity contribution in [2.75, 3.05) is 14.2 Å². The second kappa shape index (κ2) is 8.68. The number of aliphatic hydroxyl groups is 1. The topological polar surface area (TPSA) is 111 Å². The van der Waals surface area contributed by atoms with E-state index in [2.05, 4.69) is 15.3 Å². The highest BCUT2D eigenvalue weighted by molar-refractivity contribution is 5.52. The van der Waals surface area contributed by atoms with Crippen LogP contribution < -0.4 is 20.3 Å². The van der Waals surface area contributed by atoms with Crippen LogP contribution in [-0.2, 0) is 6.67 Å². The van der Waals surface area contributed by atoms with E-state index < -0.39 is 11.6 Å². The van der Waals surface area contributed by atoms with Crippen LogP contribution in [0.1, 0.15) is 43.7 Å². The molecule has 2 N–H and O–H groups in total. The number of benzene rings is 1. The molecule has 1 aliphatic rings. The third-order valence-electron chi connectivity index (χ3n) is 6.01. The molecule has 0 amide bonds. The van der Waals surface area contributed by atoms with Crippen molar-refractivity contribution in [3.8, 4) is 22.9 Å². The first kappa shape index (κ1) is 21.9. The molecule has 0 aliphatic carbocycles. The van der Waals surface area contributed by atoms with Gasteiger partial charge in [0.25, 0.3) is 5.56 Å². The van der Waals surface area contributed by atoms with E-state index in [1.54, 1.807) is 49.2 Å². The summed E-state index contributed by atoms with van der Waals surface area (Å²) in [4.78, 5) is 25.9. The zero-order chi connectivity index (χ0) is 22.9. The number of hydrogen-bond acceptors (Lipinski definition) is 8. The zero-order valence-corrected chi connectivity index (χ0v) is 18.6. The molecule has 0 spiro atoms. The maximum absolute atomic E-state index is 12.9. The molecule has 0 bridgehead atoms. The number of methoxy groups -OCH3 is 2. The highest BCUT2D eigenvalue weighted by Gasteiger charge is 2.39. The van der Waals surface area contributed by atoms with Gasteiger partial charge in [-0.05, 0) is 44.5 Å². The van der Waals surface area contributed by atoms with Gasteiger partial charge in [-0.15, -0.1) is 0 Å². The molecule has 9 nitrogen and oxygen atoms in total. The molecule has 0 saturated carbocycles. The fourth-order valence-electron chi connectivity index (χ4n) is 4.10. The molecule has 0 saturated heterocycles. The van der Waals surface area contributed by atoms with Gasteiger partial charge in [0, 0.05) is 29.3 Å². The van der Waals surface area contributed by atoms with Crippen LogP contribution in [0.4, 0.5) is 0 Å². The number of fused-ring (bicyclic) bond motifs is 1. The Labute approximate surface area is 186 Å². The predicted molar refractivity (Wildman–Crippen MR) is 119 cm³/mol. The molecule has 1 unspecified atom stereocenters. The Bertz CT molecular complexity index is 1160. The quantitative estimate of drug-likeness (QED) is 0.604.